The smallest absolute Gasteiger partial charge is 0.124 e. The van der Waals surface area contributed by atoms with Crippen molar-refractivity contribution in [2.45, 2.75) is 47.1 Å². The molecule has 0 fully saturated rings. The first-order valence-electron chi connectivity index (χ1n) is 6.93. The summed E-state index contributed by atoms with van der Waals surface area (Å²) in [5, 5.41) is 3.60. The lowest BCUT2D eigenvalue weighted by molar-refractivity contribution is 0.381. The first-order chi connectivity index (χ1) is 8.54. The van der Waals surface area contributed by atoms with Gasteiger partial charge in [0.2, 0.25) is 0 Å². The molecule has 1 aromatic rings. The van der Waals surface area contributed by atoms with Gasteiger partial charge in [-0.1, -0.05) is 39.3 Å². The average Bonchev–Trinajstić information content (AvgIpc) is 2.34. The van der Waals surface area contributed by atoms with Gasteiger partial charge in [0.15, 0.2) is 0 Å². The summed E-state index contributed by atoms with van der Waals surface area (Å²) in [5.74, 6) is 1.65. The van der Waals surface area contributed by atoms with Crippen molar-refractivity contribution in [3.8, 4) is 5.75 Å². The van der Waals surface area contributed by atoms with Gasteiger partial charge in [-0.05, 0) is 43.0 Å². The van der Waals surface area contributed by atoms with Crippen LogP contribution in [0.5, 0.6) is 5.75 Å². The molecule has 0 saturated heterocycles. The van der Waals surface area contributed by atoms with E-state index in [9.17, 15) is 0 Å². The highest BCUT2D eigenvalue weighted by atomic mass is 16.5. The second kappa shape index (κ2) is 6.79. The van der Waals surface area contributed by atoms with Gasteiger partial charge in [0.1, 0.15) is 5.75 Å². The lowest BCUT2D eigenvalue weighted by atomic mass is 9.90. The minimum absolute atomic E-state index is 0.434. The van der Waals surface area contributed by atoms with Gasteiger partial charge in [-0.3, -0.25) is 0 Å². The van der Waals surface area contributed by atoms with Gasteiger partial charge in [0.25, 0.3) is 0 Å². The zero-order chi connectivity index (χ0) is 13.7. The van der Waals surface area contributed by atoms with E-state index >= 15 is 0 Å². The molecule has 2 nitrogen and oxygen atoms in total. The van der Waals surface area contributed by atoms with Crippen LogP contribution < -0.4 is 10.1 Å². The molecule has 1 rings (SSSR count). The van der Waals surface area contributed by atoms with E-state index in [1.807, 2.05) is 0 Å². The number of hydrogen-bond donors (Lipinski definition) is 1. The van der Waals surface area contributed by atoms with Gasteiger partial charge in [-0.25, -0.2) is 0 Å². The third kappa shape index (κ3) is 3.26. The molecule has 18 heavy (non-hydrogen) atoms. The first-order valence-corrected chi connectivity index (χ1v) is 6.93. The van der Waals surface area contributed by atoms with Gasteiger partial charge < -0.3 is 10.1 Å². The maximum atomic E-state index is 5.44. The van der Waals surface area contributed by atoms with Crippen molar-refractivity contribution >= 4 is 0 Å². The summed E-state index contributed by atoms with van der Waals surface area (Å²) in [4.78, 5) is 0. The fourth-order valence-electron chi connectivity index (χ4n) is 2.59. The van der Waals surface area contributed by atoms with Crippen LogP contribution in [-0.4, -0.2) is 13.7 Å². The van der Waals surface area contributed by atoms with E-state index in [1.165, 1.54) is 23.1 Å². The van der Waals surface area contributed by atoms with Crippen LogP contribution in [0.3, 0.4) is 0 Å². The zero-order valence-corrected chi connectivity index (χ0v) is 12.6. The van der Waals surface area contributed by atoms with E-state index in [0.717, 1.165) is 12.3 Å². The first kappa shape index (κ1) is 15.0. The number of nitrogens with one attached hydrogen (secondary N) is 1. The van der Waals surface area contributed by atoms with Crippen LogP contribution in [0, 0.1) is 19.8 Å². The van der Waals surface area contributed by atoms with E-state index in [2.05, 4.69) is 52.1 Å². The fourth-order valence-corrected chi connectivity index (χ4v) is 2.59. The Labute approximate surface area is 112 Å². The molecule has 0 aromatic heterocycles. The average molecular weight is 249 g/mol. The molecule has 0 saturated carbocycles. The highest BCUT2D eigenvalue weighted by Crippen LogP contribution is 2.31. The van der Waals surface area contributed by atoms with Crippen molar-refractivity contribution in [1.29, 1.82) is 0 Å². The Morgan fingerprint density at radius 1 is 1.17 bits per heavy atom. The summed E-state index contributed by atoms with van der Waals surface area (Å²) < 4.78 is 5.44. The van der Waals surface area contributed by atoms with E-state index in [4.69, 9.17) is 4.74 Å². The molecule has 1 N–H and O–H groups in total. The number of ether oxygens (including phenoxy) is 1. The molecular formula is C16H27NO. The Morgan fingerprint density at radius 3 is 2.11 bits per heavy atom. The summed E-state index contributed by atoms with van der Waals surface area (Å²) >= 11 is 0. The number of hydrogen-bond acceptors (Lipinski definition) is 2. The van der Waals surface area contributed by atoms with E-state index in [-0.39, 0.29) is 0 Å². The van der Waals surface area contributed by atoms with Crippen molar-refractivity contribution in [3.63, 3.8) is 0 Å². The molecule has 0 radical (unpaired) electrons. The van der Waals surface area contributed by atoms with Crippen LogP contribution in [0.25, 0.3) is 0 Å². The van der Waals surface area contributed by atoms with Gasteiger partial charge in [-0.15, -0.1) is 0 Å². The molecule has 0 amide bonds. The van der Waals surface area contributed by atoms with Crippen LogP contribution in [0.4, 0.5) is 0 Å². The highest BCUT2D eigenvalue weighted by Gasteiger charge is 2.18. The van der Waals surface area contributed by atoms with Crippen LogP contribution in [0.1, 0.15) is 49.9 Å². The Morgan fingerprint density at radius 2 is 1.72 bits per heavy atom. The van der Waals surface area contributed by atoms with Crippen molar-refractivity contribution in [2.24, 2.45) is 5.92 Å². The third-order valence-corrected chi connectivity index (χ3v) is 3.68. The molecule has 102 valence electrons. The maximum Gasteiger partial charge on any atom is 0.124 e. The third-order valence-electron chi connectivity index (χ3n) is 3.68. The van der Waals surface area contributed by atoms with Gasteiger partial charge >= 0.3 is 0 Å². The van der Waals surface area contributed by atoms with Crippen LogP contribution in [0.2, 0.25) is 0 Å². The van der Waals surface area contributed by atoms with Gasteiger partial charge in [-0.2, -0.15) is 0 Å². The monoisotopic (exact) mass is 249 g/mol. The maximum absolute atomic E-state index is 5.44. The van der Waals surface area contributed by atoms with Crippen molar-refractivity contribution in [1.82, 2.24) is 5.32 Å². The van der Waals surface area contributed by atoms with E-state index in [1.54, 1.807) is 7.11 Å². The largest absolute Gasteiger partial charge is 0.496 e. The minimum Gasteiger partial charge on any atom is -0.496 e. The summed E-state index contributed by atoms with van der Waals surface area (Å²) in [7, 11) is 1.74. The number of benzene rings is 1. The van der Waals surface area contributed by atoms with Crippen molar-refractivity contribution in [3.05, 3.63) is 28.8 Å². The molecule has 0 spiro atoms. The Bertz CT molecular complexity index is 364. The molecular weight excluding hydrogens is 222 g/mol. The molecule has 0 aliphatic heterocycles. The van der Waals surface area contributed by atoms with Crippen LogP contribution in [0.15, 0.2) is 12.1 Å². The standard InChI is InChI=1S/C16H27NO/c1-7-11(3)15(17-8-2)14-9-12(4)16(18-6)13(5)10-14/h9-11,15,17H,7-8H2,1-6H3. The number of rotatable bonds is 6. The second-order valence-electron chi connectivity index (χ2n) is 5.11. The van der Waals surface area contributed by atoms with Gasteiger partial charge in [0, 0.05) is 6.04 Å². The Hall–Kier alpha value is -1.02. The predicted octanol–water partition coefficient (Wildman–Crippen LogP) is 4.01. The zero-order valence-electron chi connectivity index (χ0n) is 12.6. The lowest BCUT2D eigenvalue weighted by Crippen LogP contribution is -2.26. The predicted molar refractivity (Wildman–Crippen MR) is 78.3 cm³/mol. The molecule has 1 aromatic carbocycles. The molecule has 2 unspecified atom stereocenters. The Kier molecular flexibility index (Phi) is 5.67. The highest BCUT2D eigenvalue weighted by molar-refractivity contribution is 5.44. The Balaban J connectivity index is 3.13. The fraction of sp³-hybridized carbons (Fsp3) is 0.625. The summed E-state index contributed by atoms with van der Waals surface area (Å²) in [5.41, 5.74) is 3.82. The van der Waals surface area contributed by atoms with Crippen LogP contribution >= 0.6 is 0 Å². The van der Waals surface area contributed by atoms with Crippen LogP contribution in [-0.2, 0) is 0 Å². The second-order valence-corrected chi connectivity index (χ2v) is 5.11. The van der Waals surface area contributed by atoms with Crippen molar-refractivity contribution in [2.75, 3.05) is 13.7 Å². The topological polar surface area (TPSA) is 21.3 Å². The molecule has 0 aliphatic carbocycles. The van der Waals surface area contributed by atoms with Crippen molar-refractivity contribution < 1.29 is 4.74 Å². The number of methoxy groups -OCH3 is 1. The molecule has 0 heterocycles. The normalized spacial score (nSPS) is 14.3. The molecule has 0 bridgehead atoms. The molecule has 2 heteroatoms. The summed E-state index contributed by atoms with van der Waals surface area (Å²) in [6.07, 6.45) is 1.18. The molecule has 0 aliphatic rings. The molecule has 2 atom stereocenters. The lowest BCUT2D eigenvalue weighted by Gasteiger charge is -2.25. The van der Waals surface area contributed by atoms with Gasteiger partial charge in [0.05, 0.1) is 7.11 Å². The van der Waals surface area contributed by atoms with E-state index < -0.39 is 0 Å². The summed E-state index contributed by atoms with van der Waals surface area (Å²) in [6.45, 7) is 12.0. The number of aryl methyl sites for hydroxylation is 2. The minimum atomic E-state index is 0.434. The van der Waals surface area contributed by atoms with E-state index in [0.29, 0.717) is 12.0 Å². The summed E-state index contributed by atoms with van der Waals surface area (Å²) in [6, 6.07) is 4.94. The SMILES string of the molecule is CCNC(c1cc(C)c(OC)c(C)c1)C(C)CC. The quantitative estimate of drug-likeness (QED) is 0.822.